The van der Waals surface area contributed by atoms with E-state index in [1.807, 2.05) is 24.8 Å². The van der Waals surface area contributed by atoms with E-state index >= 15 is 0 Å². The van der Waals surface area contributed by atoms with Crippen LogP contribution in [0, 0.1) is 0 Å². The highest BCUT2D eigenvalue weighted by atomic mass is 32.2. The van der Waals surface area contributed by atoms with Crippen LogP contribution in [0.5, 0.6) is 0 Å². The second-order valence-corrected chi connectivity index (χ2v) is 7.10. The third kappa shape index (κ3) is 4.72. The lowest BCUT2D eigenvalue weighted by atomic mass is 10.2. The van der Waals surface area contributed by atoms with Crippen molar-refractivity contribution < 1.29 is 19.1 Å². The molecule has 0 aromatic carbocycles. The molecular formula is C14H19NO4S2. The van der Waals surface area contributed by atoms with Gasteiger partial charge in [0.1, 0.15) is 4.88 Å². The topological polar surface area (TPSA) is 64.6 Å². The standard InChI is InChI=1S/C14H19NO4S2/c1-9(6-18-2)15-13(16)7-19-14(17)12-5-10-8-20-4-3-11(10)21-12/h5,9H,3-4,6-8H2,1-2H3,(H,15,16)/t9-/m0/s1. The maximum absolute atomic E-state index is 12.0. The van der Waals surface area contributed by atoms with Crippen LogP contribution in [0.3, 0.4) is 0 Å². The van der Waals surface area contributed by atoms with Gasteiger partial charge >= 0.3 is 5.97 Å². The Bertz CT molecular complexity index is 492. The Morgan fingerprint density at radius 3 is 3.00 bits per heavy atom. The predicted molar refractivity (Wildman–Crippen MR) is 83.9 cm³/mol. The van der Waals surface area contributed by atoms with Gasteiger partial charge in [0.15, 0.2) is 6.61 Å². The number of fused-ring (bicyclic) bond motifs is 1. The number of carbonyl (C=O) groups is 2. The predicted octanol–water partition coefficient (Wildman–Crippen LogP) is 1.85. The molecule has 7 heteroatoms. The van der Waals surface area contributed by atoms with Crippen LogP contribution in [0.2, 0.25) is 0 Å². The maximum Gasteiger partial charge on any atom is 0.348 e. The van der Waals surface area contributed by atoms with Crippen molar-refractivity contribution >= 4 is 35.0 Å². The summed E-state index contributed by atoms with van der Waals surface area (Å²) in [7, 11) is 1.57. The van der Waals surface area contributed by atoms with E-state index in [1.54, 1.807) is 7.11 Å². The molecule has 1 atom stereocenters. The molecule has 21 heavy (non-hydrogen) atoms. The summed E-state index contributed by atoms with van der Waals surface area (Å²) < 4.78 is 9.98. The highest BCUT2D eigenvalue weighted by molar-refractivity contribution is 7.98. The van der Waals surface area contributed by atoms with Crippen molar-refractivity contribution in [1.29, 1.82) is 0 Å². The number of esters is 1. The van der Waals surface area contributed by atoms with Crippen molar-refractivity contribution in [3.8, 4) is 0 Å². The quantitative estimate of drug-likeness (QED) is 0.807. The van der Waals surface area contributed by atoms with Gasteiger partial charge in [-0.3, -0.25) is 4.79 Å². The summed E-state index contributed by atoms with van der Waals surface area (Å²) in [6.07, 6.45) is 1.01. The molecule has 1 aromatic rings. The van der Waals surface area contributed by atoms with Crippen LogP contribution >= 0.6 is 23.1 Å². The van der Waals surface area contributed by atoms with Gasteiger partial charge in [-0.1, -0.05) is 0 Å². The van der Waals surface area contributed by atoms with E-state index in [0.717, 1.165) is 17.9 Å². The Balaban J connectivity index is 1.81. The molecule has 1 amide bonds. The van der Waals surface area contributed by atoms with E-state index in [9.17, 15) is 9.59 Å². The average molecular weight is 329 g/mol. The number of methoxy groups -OCH3 is 1. The number of carbonyl (C=O) groups excluding carboxylic acids is 2. The van der Waals surface area contributed by atoms with Gasteiger partial charge in [0, 0.05) is 23.8 Å². The largest absolute Gasteiger partial charge is 0.451 e. The van der Waals surface area contributed by atoms with Crippen molar-refractivity contribution in [2.45, 2.75) is 25.1 Å². The molecule has 0 aliphatic carbocycles. The summed E-state index contributed by atoms with van der Waals surface area (Å²) >= 11 is 3.35. The zero-order valence-corrected chi connectivity index (χ0v) is 13.8. The molecule has 116 valence electrons. The Kier molecular flexibility index (Phi) is 6.08. The van der Waals surface area contributed by atoms with Gasteiger partial charge < -0.3 is 14.8 Å². The molecule has 1 aliphatic heterocycles. The van der Waals surface area contributed by atoms with Crippen molar-refractivity contribution in [3.63, 3.8) is 0 Å². The zero-order valence-electron chi connectivity index (χ0n) is 12.1. The molecule has 0 fully saturated rings. The molecule has 2 rings (SSSR count). The Hall–Kier alpha value is -1.05. The van der Waals surface area contributed by atoms with Gasteiger partial charge in [0.25, 0.3) is 5.91 Å². The van der Waals surface area contributed by atoms with Crippen molar-refractivity contribution in [2.75, 3.05) is 26.1 Å². The van der Waals surface area contributed by atoms with Crippen LogP contribution in [0.4, 0.5) is 0 Å². The molecule has 5 nitrogen and oxygen atoms in total. The third-order valence-electron chi connectivity index (χ3n) is 2.99. The number of amides is 1. The van der Waals surface area contributed by atoms with Crippen LogP contribution in [0.1, 0.15) is 27.0 Å². The minimum atomic E-state index is -0.422. The minimum Gasteiger partial charge on any atom is -0.451 e. The van der Waals surface area contributed by atoms with Crippen LogP contribution < -0.4 is 5.32 Å². The minimum absolute atomic E-state index is 0.104. The normalized spacial score (nSPS) is 15.1. The van der Waals surface area contributed by atoms with E-state index < -0.39 is 5.97 Å². The molecule has 0 bridgehead atoms. The second kappa shape index (κ2) is 7.82. The van der Waals surface area contributed by atoms with E-state index in [4.69, 9.17) is 9.47 Å². The first kappa shape index (κ1) is 16.3. The molecule has 0 unspecified atom stereocenters. The number of aryl methyl sites for hydroxylation is 1. The van der Waals surface area contributed by atoms with Crippen molar-refractivity contribution in [3.05, 3.63) is 21.4 Å². The highest BCUT2D eigenvalue weighted by Gasteiger charge is 2.19. The van der Waals surface area contributed by atoms with Gasteiger partial charge in [-0.2, -0.15) is 11.8 Å². The smallest absolute Gasteiger partial charge is 0.348 e. The molecular weight excluding hydrogens is 310 g/mol. The number of hydrogen-bond donors (Lipinski definition) is 1. The summed E-state index contributed by atoms with van der Waals surface area (Å²) in [6.45, 7) is 1.99. The van der Waals surface area contributed by atoms with Crippen molar-refractivity contribution in [2.24, 2.45) is 0 Å². The van der Waals surface area contributed by atoms with Gasteiger partial charge in [0.05, 0.1) is 6.61 Å². The van der Waals surface area contributed by atoms with Crippen LogP contribution in [-0.4, -0.2) is 44.0 Å². The molecule has 1 aromatic heterocycles. The van der Waals surface area contributed by atoms with Gasteiger partial charge in [-0.15, -0.1) is 11.3 Å². The van der Waals surface area contributed by atoms with Crippen molar-refractivity contribution in [1.82, 2.24) is 5.32 Å². The third-order valence-corrected chi connectivity index (χ3v) is 5.21. The molecule has 0 saturated carbocycles. The highest BCUT2D eigenvalue weighted by Crippen LogP contribution is 2.31. The lowest BCUT2D eigenvalue weighted by molar-refractivity contribution is -0.125. The fourth-order valence-electron chi connectivity index (χ4n) is 2.06. The SMILES string of the molecule is COC[C@H](C)NC(=O)COC(=O)c1cc2c(s1)CCSC2. The lowest BCUT2D eigenvalue weighted by Crippen LogP contribution is -2.38. The fraction of sp³-hybridized carbons (Fsp3) is 0.571. The Labute approximate surface area is 132 Å². The van der Waals surface area contributed by atoms with E-state index in [-0.39, 0.29) is 18.6 Å². The van der Waals surface area contributed by atoms with Gasteiger partial charge in [-0.25, -0.2) is 4.79 Å². The number of hydrogen-bond acceptors (Lipinski definition) is 6. The number of rotatable bonds is 6. The average Bonchev–Trinajstić information content (AvgIpc) is 2.89. The summed E-state index contributed by atoms with van der Waals surface area (Å²) in [6, 6.07) is 1.78. The van der Waals surface area contributed by atoms with Crippen LogP contribution in [0.25, 0.3) is 0 Å². The number of nitrogens with one attached hydrogen (secondary N) is 1. The van der Waals surface area contributed by atoms with E-state index in [0.29, 0.717) is 11.5 Å². The lowest BCUT2D eigenvalue weighted by Gasteiger charge is -2.12. The van der Waals surface area contributed by atoms with E-state index in [2.05, 4.69) is 5.32 Å². The first-order chi connectivity index (χ1) is 10.1. The molecule has 1 N–H and O–H groups in total. The number of ether oxygens (including phenoxy) is 2. The summed E-state index contributed by atoms with van der Waals surface area (Å²) in [5, 5.41) is 2.70. The van der Waals surface area contributed by atoms with Crippen LogP contribution in [-0.2, 0) is 26.4 Å². The Morgan fingerprint density at radius 2 is 2.29 bits per heavy atom. The number of thioether (sulfide) groups is 1. The monoisotopic (exact) mass is 329 g/mol. The first-order valence-corrected chi connectivity index (χ1v) is 8.72. The molecule has 0 spiro atoms. The summed E-state index contributed by atoms with van der Waals surface area (Å²) in [4.78, 5) is 25.4. The maximum atomic E-state index is 12.0. The van der Waals surface area contributed by atoms with Crippen LogP contribution in [0.15, 0.2) is 6.07 Å². The number of thiophene rings is 1. The molecule has 1 aliphatic rings. The second-order valence-electron chi connectivity index (χ2n) is 4.86. The van der Waals surface area contributed by atoms with Gasteiger partial charge in [-0.05, 0) is 30.7 Å². The molecule has 2 heterocycles. The Morgan fingerprint density at radius 1 is 1.48 bits per heavy atom. The molecule has 0 saturated heterocycles. The fourth-order valence-corrected chi connectivity index (χ4v) is 4.32. The van der Waals surface area contributed by atoms with E-state index in [1.165, 1.54) is 21.8 Å². The first-order valence-electron chi connectivity index (χ1n) is 6.75. The van der Waals surface area contributed by atoms with Gasteiger partial charge in [0.2, 0.25) is 0 Å². The zero-order chi connectivity index (χ0) is 15.2. The molecule has 0 radical (unpaired) electrons. The summed E-state index contributed by atoms with van der Waals surface area (Å²) in [5.74, 6) is 1.31. The summed E-state index contributed by atoms with van der Waals surface area (Å²) in [5.41, 5.74) is 1.22.